The van der Waals surface area contributed by atoms with E-state index in [2.05, 4.69) is 17.5 Å². The molecule has 0 N–H and O–H groups in total. The van der Waals surface area contributed by atoms with Crippen LogP contribution in [0.25, 0.3) is 0 Å². The average molecular weight is 260 g/mol. The van der Waals surface area contributed by atoms with Crippen molar-refractivity contribution in [1.82, 2.24) is 0 Å². The van der Waals surface area contributed by atoms with Gasteiger partial charge in [0.2, 0.25) is 0 Å². The summed E-state index contributed by atoms with van der Waals surface area (Å²) in [6.07, 6.45) is 2.64. The molecular formula is C8H20O5S2. The van der Waals surface area contributed by atoms with Crippen molar-refractivity contribution in [3.8, 4) is 0 Å². The highest BCUT2D eigenvalue weighted by Gasteiger charge is 2.18. The normalized spacial score (nSPS) is 11.7. The number of rotatable bonds is 5. The fourth-order valence-corrected chi connectivity index (χ4v) is 2.29. The van der Waals surface area contributed by atoms with Crippen LogP contribution in [-0.4, -0.2) is 28.3 Å². The van der Waals surface area contributed by atoms with Crippen molar-refractivity contribution < 1.29 is 20.5 Å². The zero-order valence-corrected chi connectivity index (χ0v) is 11.3. The SMILES string of the molecule is CCCC.CCS(=O)(=O)OS(=O)(=O)CC. The topological polar surface area (TPSA) is 77.5 Å². The molecule has 94 valence electrons. The minimum atomic E-state index is -3.88. The molecule has 0 aromatic heterocycles. The first-order chi connectivity index (χ1) is 6.74. The summed E-state index contributed by atoms with van der Waals surface area (Å²) < 4.78 is 46.2. The van der Waals surface area contributed by atoms with E-state index in [1.165, 1.54) is 26.7 Å². The van der Waals surface area contributed by atoms with Crippen LogP contribution in [0.1, 0.15) is 40.5 Å². The number of hydrogen-bond acceptors (Lipinski definition) is 5. The van der Waals surface area contributed by atoms with Crippen molar-refractivity contribution >= 4 is 20.2 Å². The molecule has 0 aromatic rings. The summed E-state index contributed by atoms with van der Waals surface area (Å²) in [5.74, 6) is -0.682. The van der Waals surface area contributed by atoms with E-state index in [-0.39, 0.29) is 11.5 Å². The highest BCUT2D eigenvalue weighted by Crippen LogP contribution is 2.00. The molecule has 0 bridgehead atoms. The van der Waals surface area contributed by atoms with Gasteiger partial charge in [0.15, 0.2) is 0 Å². The van der Waals surface area contributed by atoms with Crippen LogP contribution in [0.2, 0.25) is 0 Å². The Morgan fingerprint density at radius 1 is 0.733 bits per heavy atom. The van der Waals surface area contributed by atoms with Crippen molar-refractivity contribution in [3.63, 3.8) is 0 Å². The fraction of sp³-hybridized carbons (Fsp3) is 1.00. The summed E-state index contributed by atoms with van der Waals surface area (Å²) in [6, 6.07) is 0. The molecule has 0 fully saturated rings. The lowest BCUT2D eigenvalue weighted by Gasteiger charge is -2.00. The Morgan fingerprint density at radius 2 is 1.00 bits per heavy atom. The summed E-state index contributed by atoms with van der Waals surface area (Å²) in [5, 5.41) is 0. The zero-order valence-electron chi connectivity index (χ0n) is 9.69. The Bertz CT molecular complexity index is 294. The Balaban J connectivity index is 0. The van der Waals surface area contributed by atoms with Crippen molar-refractivity contribution in [3.05, 3.63) is 0 Å². The number of unbranched alkanes of at least 4 members (excludes halogenated alkanes) is 1. The van der Waals surface area contributed by atoms with Gasteiger partial charge in [-0.2, -0.15) is 16.8 Å². The van der Waals surface area contributed by atoms with E-state index in [9.17, 15) is 16.8 Å². The maximum Gasteiger partial charge on any atom is 0.281 e. The minimum absolute atomic E-state index is 0.341. The van der Waals surface area contributed by atoms with Gasteiger partial charge >= 0.3 is 0 Å². The molecule has 0 radical (unpaired) electrons. The Morgan fingerprint density at radius 3 is 1.13 bits per heavy atom. The third-order valence-corrected chi connectivity index (χ3v) is 4.49. The molecule has 0 saturated carbocycles. The summed E-state index contributed by atoms with van der Waals surface area (Å²) >= 11 is 0. The van der Waals surface area contributed by atoms with Gasteiger partial charge in [-0.1, -0.05) is 26.7 Å². The monoisotopic (exact) mass is 260 g/mol. The highest BCUT2D eigenvalue weighted by molar-refractivity contribution is 7.99. The maximum atomic E-state index is 10.6. The maximum absolute atomic E-state index is 10.6. The van der Waals surface area contributed by atoms with Gasteiger partial charge in [0.1, 0.15) is 0 Å². The molecule has 0 saturated heterocycles. The van der Waals surface area contributed by atoms with E-state index in [0.29, 0.717) is 0 Å². The lowest BCUT2D eigenvalue weighted by atomic mass is 10.4. The van der Waals surface area contributed by atoms with E-state index in [4.69, 9.17) is 0 Å². The van der Waals surface area contributed by atoms with Crippen LogP contribution in [0.4, 0.5) is 0 Å². The Hall–Kier alpha value is -0.140. The summed E-state index contributed by atoms with van der Waals surface area (Å²) in [7, 11) is -7.75. The molecule has 0 amide bonds. The summed E-state index contributed by atoms with van der Waals surface area (Å²) in [4.78, 5) is 0. The number of hydrogen-bond donors (Lipinski definition) is 0. The second-order valence-corrected chi connectivity index (χ2v) is 6.69. The third kappa shape index (κ3) is 11.8. The molecule has 0 atom stereocenters. The minimum Gasteiger partial charge on any atom is -0.198 e. The smallest absolute Gasteiger partial charge is 0.198 e. The summed E-state index contributed by atoms with van der Waals surface area (Å²) in [6.45, 7) is 6.97. The molecule has 7 heteroatoms. The standard InChI is InChI=1S/C4H10O5S2.C4H10/c1-3-10(5,6)9-11(7,8)4-2;1-3-4-2/h3-4H2,1-2H3;3-4H2,1-2H3. The first kappa shape index (κ1) is 17.3. The quantitative estimate of drug-likeness (QED) is 0.748. The van der Waals surface area contributed by atoms with Crippen LogP contribution in [0.15, 0.2) is 0 Å². The molecular weight excluding hydrogens is 240 g/mol. The van der Waals surface area contributed by atoms with Crippen molar-refractivity contribution in [2.24, 2.45) is 0 Å². The molecule has 0 aliphatic carbocycles. The molecule has 5 nitrogen and oxygen atoms in total. The van der Waals surface area contributed by atoms with Gasteiger partial charge < -0.3 is 0 Å². The van der Waals surface area contributed by atoms with Crippen molar-refractivity contribution in [1.29, 1.82) is 0 Å². The van der Waals surface area contributed by atoms with E-state index >= 15 is 0 Å². The lowest BCUT2D eigenvalue weighted by molar-refractivity contribution is 0.463. The molecule has 0 spiro atoms. The molecule has 0 unspecified atom stereocenters. The molecule has 15 heavy (non-hydrogen) atoms. The van der Waals surface area contributed by atoms with Crippen LogP contribution < -0.4 is 0 Å². The van der Waals surface area contributed by atoms with Crippen LogP contribution >= 0.6 is 0 Å². The predicted octanol–water partition coefficient (Wildman–Crippen LogP) is 1.51. The third-order valence-electron chi connectivity index (χ3n) is 1.41. The molecule has 0 heterocycles. The van der Waals surface area contributed by atoms with Gasteiger partial charge in [0, 0.05) is 0 Å². The first-order valence-electron chi connectivity index (χ1n) is 4.91. The molecule has 0 rings (SSSR count). The van der Waals surface area contributed by atoms with Crippen LogP contribution in [0, 0.1) is 0 Å². The lowest BCUT2D eigenvalue weighted by Crippen LogP contribution is -2.16. The van der Waals surface area contributed by atoms with Gasteiger partial charge in [-0.15, -0.1) is 3.63 Å². The zero-order chi connectivity index (χ0) is 12.5. The van der Waals surface area contributed by atoms with Crippen molar-refractivity contribution in [2.75, 3.05) is 11.5 Å². The van der Waals surface area contributed by atoms with E-state index in [1.807, 2.05) is 0 Å². The summed E-state index contributed by atoms with van der Waals surface area (Å²) in [5.41, 5.74) is 0. The van der Waals surface area contributed by atoms with Gasteiger partial charge in [-0.25, -0.2) is 0 Å². The second kappa shape index (κ2) is 8.06. The van der Waals surface area contributed by atoms with Gasteiger partial charge in [-0.3, -0.25) is 0 Å². The first-order valence-corrected chi connectivity index (χ1v) is 8.06. The van der Waals surface area contributed by atoms with Crippen LogP contribution in [-0.2, 0) is 23.9 Å². The van der Waals surface area contributed by atoms with Crippen LogP contribution in [0.3, 0.4) is 0 Å². The molecule has 0 aliphatic rings. The predicted molar refractivity (Wildman–Crippen MR) is 60.6 cm³/mol. The second-order valence-electron chi connectivity index (χ2n) is 2.76. The van der Waals surface area contributed by atoms with E-state index in [1.54, 1.807) is 0 Å². The Kier molecular flexibility index (Phi) is 9.28. The fourth-order valence-electron chi connectivity index (χ4n) is 0.254. The van der Waals surface area contributed by atoms with E-state index in [0.717, 1.165) is 0 Å². The largest absolute Gasteiger partial charge is 0.281 e. The van der Waals surface area contributed by atoms with Gasteiger partial charge in [0.05, 0.1) is 11.5 Å². The van der Waals surface area contributed by atoms with E-state index < -0.39 is 20.2 Å². The van der Waals surface area contributed by atoms with Crippen molar-refractivity contribution in [2.45, 2.75) is 40.5 Å². The average Bonchev–Trinajstić information content (AvgIpc) is 2.17. The van der Waals surface area contributed by atoms with Gasteiger partial charge in [-0.05, 0) is 13.8 Å². The highest BCUT2D eigenvalue weighted by atomic mass is 32.3. The van der Waals surface area contributed by atoms with Crippen LogP contribution in [0.5, 0.6) is 0 Å². The molecule has 0 aliphatic heterocycles. The molecule has 0 aromatic carbocycles. The van der Waals surface area contributed by atoms with Gasteiger partial charge in [0.25, 0.3) is 20.2 Å². The Labute approximate surface area is 93.1 Å².